The maximum atomic E-state index is 13.4. The van der Waals surface area contributed by atoms with E-state index in [1.54, 1.807) is 27.7 Å². The van der Waals surface area contributed by atoms with Crippen LogP contribution in [0.5, 0.6) is 0 Å². The number of halogens is 4. The number of carbonyl (C=O) groups excluding carboxylic acids is 1. The second kappa shape index (κ2) is 9.18. The molecule has 2 saturated heterocycles. The molecule has 0 spiro atoms. The Hall–Kier alpha value is -1.26. The molecular formula is C17H26F4O10S. The van der Waals surface area contributed by atoms with Gasteiger partial charge in [-0.3, -0.25) is 4.55 Å². The first-order valence-electron chi connectivity index (χ1n) is 9.56. The standard InChI is InChI=1S/C17H26F4O10S/c1-14(2)28-9-11(29-14)12-10(30-15(3,4)31-12)8-27-13(22)26-7-5-6-16(18,19)17(20,21)32(23,24)25/h10-12H,5-9H2,1-4H3,(H,23,24,25). The van der Waals surface area contributed by atoms with E-state index >= 15 is 0 Å². The van der Waals surface area contributed by atoms with Gasteiger partial charge in [0, 0.05) is 6.42 Å². The summed E-state index contributed by atoms with van der Waals surface area (Å²) in [4.78, 5) is 11.7. The van der Waals surface area contributed by atoms with Crippen LogP contribution in [0, 0.1) is 0 Å². The van der Waals surface area contributed by atoms with Gasteiger partial charge in [-0.25, -0.2) is 4.79 Å². The number of rotatable bonds is 9. The number of ether oxygens (including phenoxy) is 6. The summed E-state index contributed by atoms with van der Waals surface area (Å²) in [6.07, 6.45) is -5.71. The first-order chi connectivity index (χ1) is 14.4. The van der Waals surface area contributed by atoms with Crippen LogP contribution in [0.1, 0.15) is 40.5 Å². The molecule has 0 aliphatic carbocycles. The molecule has 2 aliphatic rings. The average Bonchev–Trinajstić information content (AvgIpc) is 3.14. The van der Waals surface area contributed by atoms with Gasteiger partial charge in [0.25, 0.3) is 0 Å². The summed E-state index contributed by atoms with van der Waals surface area (Å²) >= 11 is 0. The molecule has 0 bridgehead atoms. The second-order valence-electron chi connectivity index (χ2n) is 8.22. The predicted molar refractivity (Wildman–Crippen MR) is 96.7 cm³/mol. The van der Waals surface area contributed by atoms with Crippen molar-refractivity contribution in [1.82, 2.24) is 0 Å². The van der Waals surface area contributed by atoms with Gasteiger partial charge in [-0.15, -0.1) is 0 Å². The lowest BCUT2D eigenvalue weighted by Gasteiger charge is -2.24. The van der Waals surface area contributed by atoms with Crippen molar-refractivity contribution in [1.29, 1.82) is 0 Å². The molecule has 2 fully saturated rings. The first kappa shape index (κ1) is 27.0. The molecule has 3 unspecified atom stereocenters. The Bertz CT molecular complexity index is 786. The van der Waals surface area contributed by atoms with E-state index in [0.717, 1.165) is 0 Å². The Balaban J connectivity index is 1.80. The van der Waals surface area contributed by atoms with Gasteiger partial charge in [0.2, 0.25) is 0 Å². The molecule has 2 heterocycles. The van der Waals surface area contributed by atoms with Gasteiger partial charge in [-0.2, -0.15) is 26.0 Å². The van der Waals surface area contributed by atoms with Gasteiger partial charge in [-0.05, 0) is 34.1 Å². The lowest BCUT2D eigenvalue weighted by atomic mass is 10.1. The zero-order valence-electron chi connectivity index (χ0n) is 17.8. The highest BCUT2D eigenvalue weighted by atomic mass is 32.2. The number of carbonyl (C=O) groups is 1. The molecule has 15 heteroatoms. The van der Waals surface area contributed by atoms with Gasteiger partial charge in [0.05, 0.1) is 13.2 Å². The molecule has 1 N–H and O–H groups in total. The lowest BCUT2D eigenvalue weighted by Crippen LogP contribution is -2.46. The summed E-state index contributed by atoms with van der Waals surface area (Å²) in [6.45, 7) is 5.81. The minimum atomic E-state index is -6.32. The van der Waals surface area contributed by atoms with E-state index in [9.17, 15) is 30.8 Å². The molecule has 0 aromatic heterocycles. The van der Waals surface area contributed by atoms with Crippen LogP contribution < -0.4 is 0 Å². The fraction of sp³-hybridized carbons (Fsp3) is 0.941. The lowest BCUT2D eigenvalue weighted by molar-refractivity contribution is -0.175. The summed E-state index contributed by atoms with van der Waals surface area (Å²) in [5.74, 6) is -6.92. The van der Waals surface area contributed by atoms with Crippen molar-refractivity contribution in [2.45, 2.75) is 81.6 Å². The molecule has 0 aromatic carbocycles. The van der Waals surface area contributed by atoms with E-state index in [-0.39, 0.29) is 13.2 Å². The summed E-state index contributed by atoms with van der Waals surface area (Å²) in [5.41, 5.74) is 0. The molecule has 0 amide bonds. The third kappa shape index (κ3) is 6.41. The van der Waals surface area contributed by atoms with Crippen LogP contribution in [0.3, 0.4) is 0 Å². The second-order valence-corrected chi connectivity index (χ2v) is 9.68. The zero-order valence-corrected chi connectivity index (χ0v) is 18.6. The van der Waals surface area contributed by atoms with Crippen molar-refractivity contribution in [2.24, 2.45) is 0 Å². The number of hydrogen-bond acceptors (Lipinski definition) is 9. The van der Waals surface area contributed by atoms with E-state index in [1.165, 1.54) is 0 Å². The highest BCUT2D eigenvalue weighted by Gasteiger charge is 2.65. The topological polar surface area (TPSA) is 127 Å². The summed E-state index contributed by atoms with van der Waals surface area (Å²) < 4.78 is 114. The van der Waals surface area contributed by atoms with Crippen molar-refractivity contribution in [3.05, 3.63) is 0 Å². The Kier molecular flexibility index (Phi) is 7.74. The van der Waals surface area contributed by atoms with Gasteiger partial charge >= 0.3 is 27.5 Å². The summed E-state index contributed by atoms with van der Waals surface area (Å²) in [6, 6.07) is 0. The van der Waals surface area contributed by atoms with Crippen molar-refractivity contribution in [3.8, 4) is 0 Å². The SMILES string of the molecule is CC1(C)OCC(C2OC(C)(C)OC2COC(=O)OCCCC(F)(F)C(F)(F)S(=O)(=O)O)O1. The monoisotopic (exact) mass is 498 g/mol. The highest BCUT2D eigenvalue weighted by molar-refractivity contribution is 7.87. The molecule has 32 heavy (non-hydrogen) atoms. The van der Waals surface area contributed by atoms with Gasteiger partial charge in [0.1, 0.15) is 24.9 Å². The molecular weight excluding hydrogens is 472 g/mol. The van der Waals surface area contributed by atoms with Crippen LogP contribution in [-0.2, 0) is 38.5 Å². The van der Waals surface area contributed by atoms with Crippen LogP contribution in [0.2, 0.25) is 0 Å². The molecule has 0 saturated carbocycles. The predicted octanol–water partition coefficient (Wildman–Crippen LogP) is 2.71. The quantitative estimate of drug-likeness (QED) is 0.219. The molecule has 0 aromatic rings. The van der Waals surface area contributed by atoms with E-state index in [4.69, 9.17) is 28.2 Å². The maximum Gasteiger partial charge on any atom is 0.508 e. The van der Waals surface area contributed by atoms with Crippen molar-refractivity contribution in [2.75, 3.05) is 19.8 Å². The first-order valence-corrected chi connectivity index (χ1v) is 11.0. The van der Waals surface area contributed by atoms with Crippen LogP contribution >= 0.6 is 0 Å². The minimum Gasteiger partial charge on any atom is -0.434 e. The molecule has 10 nitrogen and oxygen atoms in total. The summed E-state index contributed by atoms with van der Waals surface area (Å²) in [5, 5.41) is -5.68. The third-order valence-electron chi connectivity index (χ3n) is 4.59. The molecule has 3 atom stereocenters. The smallest absolute Gasteiger partial charge is 0.434 e. The Morgan fingerprint density at radius 3 is 2.22 bits per heavy atom. The highest BCUT2D eigenvalue weighted by Crippen LogP contribution is 2.41. The van der Waals surface area contributed by atoms with E-state index in [2.05, 4.69) is 4.74 Å². The average molecular weight is 498 g/mol. The molecule has 2 aliphatic heterocycles. The van der Waals surface area contributed by atoms with Crippen LogP contribution in [-0.4, -0.2) is 80.0 Å². The minimum absolute atomic E-state index is 0.209. The van der Waals surface area contributed by atoms with Crippen molar-refractivity contribution in [3.63, 3.8) is 0 Å². The van der Waals surface area contributed by atoms with E-state index < -0.39 is 76.8 Å². The number of alkyl halides is 4. The Morgan fingerprint density at radius 2 is 1.69 bits per heavy atom. The molecule has 188 valence electrons. The number of hydrogen-bond donors (Lipinski definition) is 1. The van der Waals surface area contributed by atoms with Crippen molar-refractivity contribution >= 4 is 16.3 Å². The normalized spacial score (nSPS) is 28.0. The van der Waals surface area contributed by atoms with Gasteiger partial charge in [0.15, 0.2) is 11.6 Å². The fourth-order valence-electron chi connectivity index (χ4n) is 3.16. The Labute approximate surface area is 182 Å². The van der Waals surface area contributed by atoms with Crippen LogP contribution in [0.15, 0.2) is 0 Å². The fourth-order valence-corrected chi connectivity index (χ4v) is 3.64. The Morgan fingerprint density at radius 1 is 1.06 bits per heavy atom. The van der Waals surface area contributed by atoms with E-state index in [1.807, 2.05) is 0 Å². The largest absolute Gasteiger partial charge is 0.508 e. The van der Waals surface area contributed by atoms with Gasteiger partial charge < -0.3 is 28.4 Å². The van der Waals surface area contributed by atoms with Crippen LogP contribution in [0.25, 0.3) is 0 Å². The zero-order chi connectivity index (χ0) is 24.6. The van der Waals surface area contributed by atoms with E-state index in [0.29, 0.717) is 0 Å². The third-order valence-corrected chi connectivity index (χ3v) is 5.54. The molecule has 0 radical (unpaired) electrons. The molecule has 2 rings (SSSR count). The van der Waals surface area contributed by atoms with Crippen LogP contribution in [0.4, 0.5) is 22.4 Å². The van der Waals surface area contributed by atoms with Gasteiger partial charge in [-0.1, -0.05) is 0 Å². The maximum absolute atomic E-state index is 13.4. The summed E-state index contributed by atoms with van der Waals surface area (Å²) in [7, 11) is -6.32. The van der Waals surface area contributed by atoms with Crippen molar-refractivity contribution < 1.29 is 63.7 Å².